The number of ether oxygens (including phenoxy) is 1. The Morgan fingerprint density at radius 2 is 2.12 bits per heavy atom. The third-order valence-corrected chi connectivity index (χ3v) is 6.89. The molecule has 2 aromatic rings. The molecule has 1 amide bonds. The smallest absolute Gasteiger partial charge is 0.235 e. The van der Waals surface area contributed by atoms with E-state index in [0.717, 1.165) is 35.2 Å². The lowest BCUT2D eigenvalue weighted by Gasteiger charge is -2.23. The van der Waals surface area contributed by atoms with Gasteiger partial charge in [-0.3, -0.25) is 9.69 Å². The fraction of sp³-hybridized carbons (Fsp3) is 0.444. The van der Waals surface area contributed by atoms with Crippen LogP contribution in [-0.2, 0) is 9.53 Å². The van der Waals surface area contributed by atoms with Crippen molar-refractivity contribution in [3.05, 3.63) is 34.1 Å². The molecule has 1 aliphatic heterocycles. The average Bonchev–Trinajstić information content (AvgIpc) is 3.06. The van der Waals surface area contributed by atoms with Gasteiger partial charge in [0.15, 0.2) is 5.13 Å². The van der Waals surface area contributed by atoms with Crippen LogP contribution in [0.5, 0.6) is 0 Å². The third kappa shape index (κ3) is 3.94. The van der Waals surface area contributed by atoms with Crippen LogP contribution in [0.1, 0.15) is 19.3 Å². The van der Waals surface area contributed by atoms with E-state index in [0.29, 0.717) is 18.1 Å². The first-order chi connectivity index (χ1) is 12.4. The van der Waals surface area contributed by atoms with E-state index in [1.165, 1.54) is 11.3 Å². The molecule has 1 aromatic carbocycles. The molecule has 2 heterocycles. The molecule has 1 aromatic heterocycles. The van der Waals surface area contributed by atoms with E-state index in [9.17, 15) is 4.79 Å². The summed E-state index contributed by atoms with van der Waals surface area (Å²) in [6, 6.07) is 7.95. The first-order valence-corrected chi connectivity index (χ1v) is 10.9. The third-order valence-electron chi connectivity index (χ3n) is 4.66. The highest BCUT2D eigenvalue weighted by Crippen LogP contribution is 2.54. The predicted molar refractivity (Wildman–Crippen MR) is 109 cm³/mol. The van der Waals surface area contributed by atoms with Gasteiger partial charge < -0.3 is 4.74 Å². The maximum absolute atomic E-state index is 13.0. The van der Waals surface area contributed by atoms with Gasteiger partial charge in [-0.15, -0.1) is 34.5 Å². The Morgan fingerprint density at radius 3 is 2.73 bits per heavy atom. The number of amides is 1. The van der Waals surface area contributed by atoms with Gasteiger partial charge in [-0.25, -0.2) is 4.98 Å². The minimum absolute atomic E-state index is 0.0396. The number of aromatic nitrogens is 1. The lowest BCUT2D eigenvalue weighted by atomic mass is 10.2. The molecule has 8 heteroatoms. The molecule has 4 rings (SSSR count). The first-order valence-electron chi connectivity index (χ1n) is 8.46. The zero-order valence-corrected chi connectivity index (χ0v) is 17.7. The van der Waals surface area contributed by atoms with Gasteiger partial charge in [0.2, 0.25) is 5.91 Å². The van der Waals surface area contributed by atoms with Crippen LogP contribution in [0.15, 0.2) is 34.1 Å². The van der Waals surface area contributed by atoms with Crippen LogP contribution < -0.4 is 4.90 Å². The van der Waals surface area contributed by atoms with E-state index in [1.54, 1.807) is 4.90 Å². The second kappa shape index (κ2) is 7.40. The lowest BCUT2D eigenvalue weighted by molar-refractivity contribution is -0.120. The Labute approximate surface area is 174 Å². The number of hydrogen-bond acceptors (Lipinski definition) is 4. The van der Waals surface area contributed by atoms with E-state index in [1.807, 2.05) is 29.6 Å². The second-order valence-corrected chi connectivity index (χ2v) is 9.92. The van der Waals surface area contributed by atoms with Crippen LogP contribution in [0.4, 0.5) is 5.13 Å². The number of thiazole rings is 1. The molecule has 2 unspecified atom stereocenters. The highest BCUT2D eigenvalue weighted by atomic mass is 79.9. The van der Waals surface area contributed by atoms with Crippen molar-refractivity contribution in [3.63, 3.8) is 0 Å². The Hall–Kier alpha value is -0.660. The van der Waals surface area contributed by atoms with E-state index in [-0.39, 0.29) is 17.9 Å². The topological polar surface area (TPSA) is 42.4 Å². The minimum atomic E-state index is -0.947. The number of rotatable bonds is 5. The summed E-state index contributed by atoms with van der Waals surface area (Å²) in [5.41, 5.74) is 1.86. The van der Waals surface area contributed by atoms with E-state index >= 15 is 0 Å². The summed E-state index contributed by atoms with van der Waals surface area (Å²) in [5, 5.41) is 2.63. The molecule has 1 saturated carbocycles. The first kappa shape index (κ1) is 18.7. The summed E-state index contributed by atoms with van der Waals surface area (Å²) >= 11 is 17.2. The van der Waals surface area contributed by atoms with Gasteiger partial charge in [-0.1, -0.05) is 28.1 Å². The van der Waals surface area contributed by atoms with Crippen molar-refractivity contribution in [3.8, 4) is 11.3 Å². The molecule has 26 heavy (non-hydrogen) atoms. The monoisotopic (exact) mass is 474 g/mol. The molecular formula is C18H17BrCl2N2O2S. The molecule has 138 valence electrons. The van der Waals surface area contributed by atoms with Crippen molar-refractivity contribution < 1.29 is 9.53 Å². The molecular weight excluding hydrogens is 459 g/mol. The van der Waals surface area contributed by atoms with Crippen LogP contribution >= 0.6 is 50.5 Å². The minimum Gasteiger partial charge on any atom is -0.376 e. The van der Waals surface area contributed by atoms with Crippen LogP contribution in [0, 0.1) is 5.92 Å². The fourth-order valence-corrected chi connectivity index (χ4v) is 4.67. The van der Waals surface area contributed by atoms with E-state index < -0.39 is 4.33 Å². The summed E-state index contributed by atoms with van der Waals surface area (Å²) in [4.78, 5) is 19.4. The summed E-state index contributed by atoms with van der Waals surface area (Å²) < 4.78 is 5.79. The van der Waals surface area contributed by atoms with Crippen molar-refractivity contribution in [1.29, 1.82) is 0 Å². The van der Waals surface area contributed by atoms with Crippen molar-refractivity contribution in [1.82, 2.24) is 4.98 Å². The van der Waals surface area contributed by atoms with Gasteiger partial charge >= 0.3 is 0 Å². The number of nitrogens with zero attached hydrogens (tertiary/aromatic N) is 2. The van der Waals surface area contributed by atoms with Gasteiger partial charge in [0, 0.05) is 22.0 Å². The number of carbonyl (C=O) groups excluding carboxylic acids is 1. The SMILES string of the molecule is O=C(C1CC1(Cl)Cl)N(CC1CCCO1)c1nc(-c2ccc(Br)cc2)cs1. The van der Waals surface area contributed by atoms with E-state index in [4.69, 9.17) is 32.9 Å². The maximum Gasteiger partial charge on any atom is 0.235 e. The largest absolute Gasteiger partial charge is 0.376 e. The standard InChI is InChI=1S/C18H17BrCl2N2O2S/c19-12-5-3-11(4-6-12)15-10-26-17(22-15)23(9-13-2-1-7-25-13)16(24)14-8-18(14,20)21/h3-6,10,13-14H,1-2,7-9H2. The van der Waals surface area contributed by atoms with E-state index in [2.05, 4.69) is 15.9 Å². The molecule has 2 fully saturated rings. The Balaban J connectivity index is 1.59. The second-order valence-electron chi connectivity index (χ2n) is 6.62. The van der Waals surface area contributed by atoms with Crippen molar-refractivity contribution in [2.75, 3.05) is 18.1 Å². The number of hydrogen-bond donors (Lipinski definition) is 0. The van der Waals surface area contributed by atoms with Crippen LogP contribution in [0.3, 0.4) is 0 Å². The van der Waals surface area contributed by atoms with Gasteiger partial charge in [-0.05, 0) is 31.4 Å². The Kier molecular flexibility index (Phi) is 5.32. The summed E-state index contributed by atoms with van der Waals surface area (Å²) in [6.07, 6.45) is 2.50. The number of alkyl halides is 2. The maximum atomic E-state index is 13.0. The molecule has 0 spiro atoms. The van der Waals surface area contributed by atoms with Crippen molar-refractivity contribution in [2.24, 2.45) is 5.92 Å². The van der Waals surface area contributed by atoms with Crippen molar-refractivity contribution >= 4 is 61.5 Å². The molecule has 4 nitrogen and oxygen atoms in total. The predicted octanol–water partition coefficient (Wildman–Crippen LogP) is 5.28. The number of anilines is 1. The number of halogens is 3. The number of carbonyl (C=O) groups is 1. The lowest BCUT2D eigenvalue weighted by Crippen LogP contribution is -2.39. The van der Waals surface area contributed by atoms with Gasteiger partial charge in [0.05, 0.1) is 24.3 Å². The highest BCUT2D eigenvalue weighted by molar-refractivity contribution is 9.10. The molecule has 0 bridgehead atoms. The molecule has 2 aliphatic rings. The summed E-state index contributed by atoms with van der Waals surface area (Å²) in [7, 11) is 0. The zero-order valence-electron chi connectivity index (χ0n) is 13.8. The van der Waals surface area contributed by atoms with Crippen molar-refractivity contribution in [2.45, 2.75) is 29.7 Å². The van der Waals surface area contributed by atoms with Crippen LogP contribution in [0.25, 0.3) is 11.3 Å². The molecule has 0 radical (unpaired) electrons. The molecule has 1 saturated heterocycles. The normalized spacial score (nSPS) is 23.8. The quantitative estimate of drug-likeness (QED) is 0.552. The average molecular weight is 476 g/mol. The van der Waals surface area contributed by atoms with Crippen LogP contribution in [-0.4, -0.2) is 34.5 Å². The Bertz CT molecular complexity index is 806. The van der Waals surface area contributed by atoms with Gasteiger partial charge in [-0.2, -0.15) is 0 Å². The number of benzene rings is 1. The van der Waals surface area contributed by atoms with Gasteiger partial charge in [0.25, 0.3) is 0 Å². The summed E-state index contributed by atoms with van der Waals surface area (Å²) in [6.45, 7) is 1.24. The summed E-state index contributed by atoms with van der Waals surface area (Å²) in [5.74, 6) is -0.436. The molecule has 0 N–H and O–H groups in total. The Morgan fingerprint density at radius 1 is 1.38 bits per heavy atom. The van der Waals surface area contributed by atoms with Crippen LogP contribution in [0.2, 0.25) is 0 Å². The van der Waals surface area contributed by atoms with Gasteiger partial charge in [0.1, 0.15) is 4.33 Å². The zero-order chi connectivity index (χ0) is 18.3. The highest BCUT2D eigenvalue weighted by Gasteiger charge is 2.58. The molecule has 1 aliphatic carbocycles. The molecule has 2 atom stereocenters. The fourth-order valence-electron chi connectivity index (χ4n) is 3.07.